The van der Waals surface area contributed by atoms with Crippen molar-refractivity contribution < 1.29 is 15.0 Å². The molecule has 0 heterocycles. The molecular formula is C20H34O3. The molecule has 132 valence electrons. The van der Waals surface area contributed by atoms with E-state index in [-0.39, 0.29) is 29.1 Å². The van der Waals surface area contributed by atoms with Crippen LogP contribution < -0.4 is 0 Å². The molecule has 23 heavy (non-hydrogen) atoms. The van der Waals surface area contributed by atoms with Crippen LogP contribution in [0.2, 0.25) is 0 Å². The van der Waals surface area contributed by atoms with Crippen LogP contribution in [-0.2, 0) is 4.79 Å². The van der Waals surface area contributed by atoms with E-state index in [0.29, 0.717) is 12.3 Å². The smallest absolute Gasteiger partial charge is 0.135 e. The number of ketones is 1. The monoisotopic (exact) mass is 322 g/mol. The first-order chi connectivity index (χ1) is 10.6. The highest BCUT2D eigenvalue weighted by Crippen LogP contribution is 2.66. The molecule has 0 aromatic rings. The Hall–Kier alpha value is -0.670. The van der Waals surface area contributed by atoms with E-state index in [1.807, 2.05) is 6.92 Å². The van der Waals surface area contributed by atoms with Gasteiger partial charge in [0.25, 0.3) is 0 Å². The van der Waals surface area contributed by atoms with Crippen LogP contribution in [0.3, 0.4) is 0 Å². The summed E-state index contributed by atoms with van der Waals surface area (Å²) in [5.74, 6) is 0.268. The van der Waals surface area contributed by atoms with Gasteiger partial charge in [0.1, 0.15) is 5.78 Å². The van der Waals surface area contributed by atoms with Gasteiger partial charge in [0.15, 0.2) is 0 Å². The lowest BCUT2D eigenvalue weighted by Crippen LogP contribution is -2.53. The summed E-state index contributed by atoms with van der Waals surface area (Å²) in [5.41, 5.74) is 0.155. The average molecular weight is 322 g/mol. The van der Waals surface area contributed by atoms with Gasteiger partial charge in [0, 0.05) is 11.3 Å². The van der Waals surface area contributed by atoms with Crippen molar-refractivity contribution in [1.29, 1.82) is 0 Å². The lowest BCUT2D eigenvalue weighted by atomic mass is 9.54. The zero-order valence-electron chi connectivity index (χ0n) is 15.5. The molecule has 0 unspecified atom stereocenters. The Kier molecular flexibility index (Phi) is 5.13. The predicted molar refractivity (Wildman–Crippen MR) is 93.0 cm³/mol. The molecule has 0 bridgehead atoms. The van der Waals surface area contributed by atoms with E-state index in [1.165, 1.54) is 6.42 Å². The lowest BCUT2D eigenvalue weighted by Gasteiger charge is -2.53. The highest BCUT2D eigenvalue weighted by molar-refractivity contribution is 5.80. The molecule has 0 aliphatic heterocycles. The number of aliphatic hydroxyl groups excluding tert-OH is 1. The molecule has 2 rings (SSSR count). The minimum Gasteiger partial charge on any atom is -0.392 e. The van der Waals surface area contributed by atoms with Crippen LogP contribution in [0.5, 0.6) is 0 Å². The van der Waals surface area contributed by atoms with E-state index in [4.69, 9.17) is 5.11 Å². The molecule has 3 nitrogen and oxygen atoms in total. The molecule has 0 amide bonds. The molecular weight excluding hydrogens is 288 g/mol. The molecule has 2 N–H and O–H groups in total. The number of rotatable bonds is 5. The molecule has 0 saturated heterocycles. The fourth-order valence-corrected chi connectivity index (χ4v) is 5.66. The van der Waals surface area contributed by atoms with Crippen LogP contribution in [0.15, 0.2) is 11.6 Å². The molecule has 2 aliphatic rings. The van der Waals surface area contributed by atoms with Gasteiger partial charge in [0.2, 0.25) is 0 Å². The quantitative estimate of drug-likeness (QED) is 0.755. The van der Waals surface area contributed by atoms with E-state index in [1.54, 1.807) is 13.0 Å². The topological polar surface area (TPSA) is 57.5 Å². The fraction of sp³-hybridized carbons (Fsp3) is 0.850. The maximum atomic E-state index is 12.3. The first kappa shape index (κ1) is 18.7. The van der Waals surface area contributed by atoms with Crippen LogP contribution in [0.1, 0.15) is 73.1 Å². The van der Waals surface area contributed by atoms with Crippen molar-refractivity contribution in [3.05, 3.63) is 11.6 Å². The number of allylic oxidation sites excluding steroid dienone is 1. The number of fused-ring (bicyclic) bond motifs is 1. The summed E-state index contributed by atoms with van der Waals surface area (Å²) in [7, 11) is 0. The first-order valence-corrected chi connectivity index (χ1v) is 9.08. The Morgan fingerprint density at radius 1 is 1.22 bits per heavy atom. The van der Waals surface area contributed by atoms with Gasteiger partial charge in [-0.2, -0.15) is 0 Å². The van der Waals surface area contributed by atoms with E-state index >= 15 is 0 Å². The zero-order valence-corrected chi connectivity index (χ0v) is 15.5. The van der Waals surface area contributed by atoms with E-state index in [9.17, 15) is 9.90 Å². The number of hydrogen-bond donors (Lipinski definition) is 2. The largest absolute Gasteiger partial charge is 0.392 e. The molecule has 2 fully saturated rings. The van der Waals surface area contributed by atoms with Crippen molar-refractivity contribution in [2.75, 3.05) is 6.61 Å². The van der Waals surface area contributed by atoms with Crippen molar-refractivity contribution in [2.45, 2.75) is 78.7 Å². The van der Waals surface area contributed by atoms with Crippen LogP contribution in [-0.4, -0.2) is 28.2 Å². The summed E-state index contributed by atoms with van der Waals surface area (Å²) in [5, 5.41) is 20.8. The lowest BCUT2D eigenvalue weighted by molar-refractivity contribution is -0.148. The van der Waals surface area contributed by atoms with Crippen molar-refractivity contribution in [2.24, 2.45) is 22.7 Å². The van der Waals surface area contributed by atoms with Crippen molar-refractivity contribution in [3.63, 3.8) is 0 Å². The number of hydrogen-bond acceptors (Lipinski definition) is 3. The second-order valence-electron chi connectivity index (χ2n) is 8.87. The molecule has 3 heteroatoms. The van der Waals surface area contributed by atoms with Crippen molar-refractivity contribution >= 4 is 5.78 Å². The van der Waals surface area contributed by atoms with Gasteiger partial charge in [0.05, 0.1) is 12.2 Å². The number of aliphatic hydroxyl groups is 2. The third kappa shape index (κ3) is 3.02. The highest BCUT2D eigenvalue weighted by Gasteiger charge is 2.66. The Bertz CT molecular complexity index is 493. The number of carbonyl (C=O) groups is 1. The van der Waals surface area contributed by atoms with Gasteiger partial charge >= 0.3 is 0 Å². The van der Waals surface area contributed by atoms with E-state index < -0.39 is 5.60 Å². The van der Waals surface area contributed by atoms with Crippen molar-refractivity contribution in [1.82, 2.24) is 0 Å². The second-order valence-corrected chi connectivity index (χ2v) is 8.87. The average Bonchev–Trinajstić information content (AvgIpc) is 2.67. The molecule has 0 spiro atoms. The maximum absolute atomic E-state index is 12.3. The number of carbonyl (C=O) groups excluding carboxylic acids is 1. The third-order valence-electron chi connectivity index (χ3n) is 7.10. The van der Waals surface area contributed by atoms with Crippen LogP contribution in [0, 0.1) is 22.7 Å². The predicted octanol–water partition coefficient (Wildman–Crippen LogP) is 3.88. The van der Waals surface area contributed by atoms with Gasteiger partial charge in [-0.1, -0.05) is 38.8 Å². The SMILES string of the molecule is CC(=O)[C@H]1C[C@@H]2C(C)(C)CCC[C@@]2(C)[C@]1(O)CC/C(C)=C/CO. The van der Waals surface area contributed by atoms with Crippen LogP contribution >= 0.6 is 0 Å². The highest BCUT2D eigenvalue weighted by atomic mass is 16.3. The Morgan fingerprint density at radius 2 is 1.87 bits per heavy atom. The van der Waals surface area contributed by atoms with Crippen molar-refractivity contribution in [3.8, 4) is 0 Å². The van der Waals surface area contributed by atoms with Crippen LogP contribution in [0.4, 0.5) is 0 Å². The molecule has 2 saturated carbocycles. The van der Waals surface area contributed by atoms with Gasteiger partial charge in [-0.05, 0) is 57.3 Å². The van der Waals surface area contributed by atoms with Gasteiger partial charge in [-0.15, -0.1) is 0 Å². The van der Waals surface area contributed by atoms with Crippen LogP contribution in [0.25, 0.3) is 0 Å². The zero-order chi connectivity index (χ0) is 17.5. The minimum absolute atomic E-state index is 0.0350. The summed E-state index contributed by atoms with van der Waals surface area (Å²) < 4.78 is 0. The number of Topliss-reactive ketones (excluding diaryl/α,β-unsaturated/α-hetero) is 1. The summed E-state index contributed by atoms with van der Waals surface area (Å²) in [4.78, 5) is 12.3. The Balaban J connectivity index is 2.36. The fourth-order valence-electron chi connectivity index (χ4n) is 5.66. The molecule has 4 atom stereocenters. The van der Waals surface area contributed by atoms with E-state index in [2.05, 4.69) is 20.8 Å². The standard InChI is InChI=1S/C20H34O3/c1-14(8-12-21)7-11-20(23)16(15(2)22)13-17-18(3,4)9-6-10-19(17,20)5/h8,16-17,21,23H,6-7,9-13H2,1-5H3/b14-8+/t16-,17-,19-,20+/m1/s1. The van der Waals surface area contributed by atoms with E-state index in [0.717, 1.165) is 31.3 Å². The summed E-state index contributed by atoms with van der Waals surface area (Å²) in [6.45, 7) is 10.5. The molecule has 0 aromatic carbocycles. The normalized spacial score (nSPS) is 40.0. The summed E-state index contributed by atoms with van der Waals surface area (Å²) in [6, 6.07) is 0. The third-order valence-corrected chi connectivity index (χ3v) is 7.10. The summed E-state index contributed by atoms with van der Waals surface area (Å²) in [6.07, 6.45) is 7.27. The summed E-state index contributed by atoms with van der Waals surface area (Å²) >= 11 is 0. The minimum atomic E-state index is -0.925. The van der Waals surface area contributed by atoms with Gasteiger partial charge in [-0.3, -0.25) is 4.79 Å². The molecule has 2 aliphatic carbocycles. The van der Waals surface area contributed by atoms with Gasteiger partial charge in [-0.25, -0.2) is 0 Å². The van der Waals surface area contributed by atoms with Gasteiger partial charge < -0.3 is 10.2 Å². The second kappa shape index (κ2) is 6.33. The molecule has 0 aromatic heterocycles. The first-order valence-electron chi connectivity index (χ1n) is 9.08. The maximum Gasteiger partial charge on any atom is 0.135 e. The Labute approximate surface area is 141 Å². The Morgan fingerprint density at radius 3 is 2.43 bits per heavy atom. The molecule has 0 radical (unpaired) electrons.